The van der Waals surface area contributed by atoms with Crippen LogP contribution in [0.1, 0.15) is 25.1 Å². The van der Waals surface area contributed by atoms with Crippen molar-refractivity contribution in [3.05, 3.63) is 17.5 Å². The van der Waals surface area contributed by atoms with E-state index in [0.717, 1.165) is 0 Å². The van der Waals surface area contributed by atoms with Gasteiger partial charge in [0.25, 0.3) is 0 Å². The molecule has 1 aromatic rings. The van der Waals surface area contributed by atoms with Crippen LogP contribution in [0, 0.1) is 6.92 Å². The van der Waals surface area contributed by atoms with Crippen molar-refractivity contribution >= 4 is 0 Å². The summed E-state index contributed by atoms with van der Waals surface area (Å²) in [6, 6.07) is -0.532. The maximum atomic E-state index is 14.0. The average molecular weight is 185 g/mol. The monoisotopic (exact) mass is 185 g/mol. The number of nitrogens with two attached hydrogens (primary N) is 1. The molecule has 1 rings (SSSR count). The Hall–Kier alpha value is -0.900. The lowest BCUT2D eigenvalue weighted by molar-refractivity contribution is 0.157. The smallest absolute Gasteiger partial charge is 0.151 e. The van der Waals surface area contributed by atoms with Gasteiger partial charge >= 0.3 is 0 Å². The first kappa shape index (κ1) is 10.2. The van der Waals surface area contributed by atoms with Gasteiger partial charge in [-0.3, -0.25) is 4.68 Å². The van der Waals surface area contributed by atoms with Crippen LogP contribution in [0.25, 0.3) is 0 Å². The lowest BCUT2D eigenvalue weighted by Crippen LogP contribution is -2.37. The third kappa shape index (κ3) is 1.72. The second-order valence-electron chi connectivity index (χ2n) is 3.67. The van der Waals surface area contributed by atoms with Gasteiger partial charge in [0.1, 0.15) is 0 Å². The van der Waals surface area contributed by atoms with Crippen LogP contribution in [-0.4, -0.2) is 15.8 Å². The molecule has 0 fully saturated rings. The summed E-state index contributed by atoms with van der Waals surface area (Å²) in [7, 11) is 1.77. The van der Waals surface area contributed by atoms with Crippen molar-refractivity contribution in [3.63, 3.8) is 0 Å². The Bertz CT molecular complexity index is 302. The van der Waals surface area contributed by atoms with E-state index in [1.54, 1.807) is 31.8 Å². The Morgan fingerprint density at radius 1 is 1.69 bits per heavy atom. The highest BCUT2D eigenvalue weighted by molar-refractivity contribution is 5.24. The highest BCUT2D eigenvalue weighted by Gasteiger charge is 2.33. The quantitative estimate of drug-likeness (QED) is 0.753. The molecule has 0 aliphatic rings. The fourth-order valence-electron chi connectivity index (χ4n) is 1.32. The number of alkyl halides is 1. The van der Waals surface area contributed by atoms with Gasteiger partial charge in [-0.1, -0.05) is 0 Å². The van der Waals surface area contributed by atoms with Crippen molar-refractivity contribution in [2.75, 3.05) is 0 Å². The second-order valence-corrected chi connectivity index (χ2v) is 3.67. The summed E-state index contributed by atoms with van der Waals surface area (Å²) in [5.74, 6) is 0. The van der Waals surface area contributed by atoms with E-state index < -0.39 is 11.7 Å². The number of aromatic nitrogens is 2. The normalized spacial score (nSPS) is 18.3. The van der Waals surface area contributed by atoms with E-state index in [1.165, 1.54) is 6.92 Å². The van der Waals surface area contributed by atoms with Crippen LogP contribution in [0.15, 0.2) is 6.20 Å². The summed E-state index contributed by atoms with van der Waals surface area (Å²) in [4.78, 5) is 0. The number of nitrogens with zero attached hydrogens (tertiary/aromatic N) is 2. The van der Waals surface area contributed by atoms with Crippen molar-refractivity contribution in [2.24, 2.45) is 12.8 Å². The van der Waals surface area contributed by atoms with E-state index >= 15 is 0 Å². The van der Waals surface area contributed by atoms with Crippen molar-refractivity contribution in [2.45, 2.75) is 32.5 Å². The van der Waals surface area contributed by atoms with Crippen LogP contribution < -0.4 is 5.73 Å². The predicted molar refractivity (Wildman–Crippen MR) is 50.1 cm³/mol. The molecule has 0 aromatic carbocycles. The van der Waals surface area contributed by atoms with E-state index in [4.69, 9.17) is 5.73 Å². The number of aryl methyl sites for hydroxylation is 2. The number of rotatable bonds is 2. The minimum absolute atomic E-state index is 0.532. The first-order chi connectivity index (χ1) is 5.85. The van der Waals surface area contributed by atoms with Crippen molar-refractivity contribution in [1.82, 2.24) is 9.78 Å². The minimum Gasteiger partial charge on any atom is -0.325 e. The van der Waals surface area contributed by atoms with Crippen LogP contribution in [0.5, 0.6) is 0 Å². The Balaban J connectivity index is 3.13. The van der Waals surface area contributed by atoms with Gasteiger partial charge in [0, 0.05) is 24.8 Å². The fraction of sp³-hybridized carbons (Fsp3) is 0.667. The summed E-state index contributed by atoms with van der Waals surface area (Å²) < 4.78 is 15.6. The molecule has 2 N–H and O–H groups in total. The van der Waals surface area contributed by atoms with E-state index in [9.17, 15) is 4.39 Å². The largest absolute Gasteiger partial charge is 0.325 e. The highest BCUT2D eigenvalue weighted by Crippen LogP contribution is 2.29. The van der Waals surface area contributed by atoms with Crippen LogP contribution in [0.3, 0.4) is 0 Å². The Morgan fingerprint density at radius 3 is 2.54 bits per heavy atom. The summed E-state index contributed by atoms with van der Waals surface area (Å²) in [5, 5.41) is 4.08. The van der Waals surface area contributed by atoms with Crippen LogP contribution in [0.4, 0.5) is 4.39 Å². The lowest BCUT2D eigenvalue weighted by atomic mass is 9.92. The highest BCUT2D eigenvalue weighted by atomic mass is 19.1. The number of halogens is 1. The van der Waals surface area contributed by atoms with Crippen molar-refractivity contribution in [3.8, 4) is 0 Å². The molecule has 74 valence electrons. The molecule has 0 amide bonds. The van der Waals surface area contributed by atoms with E-state index in [-0.39, 0.29) is 0 Å². The molecule has 3 nitrogen and oxygen atoms in total. The zero-order chi connectivity index (χ0) is 10.2. The SMILES string of the molecule is Cc1nn(C)cc1C(C)(F)C(C)N. The lowest BCUT2D eigenvalue weighted by Gasteiger charge is -2.23. The molecule has 1 aromatic heterocycles. The summed E-state index contributed by atoms with van der Waals surface area (Å²) >= 11 is 0. The van der Waals surface area contributed by atoms with Crippen molar-refractivity contribution in [1.29, 1.82) is 0 Å². The van der Waals surface area contributed by atoms with Crippen molar-refractivity contribution < 1.29 is 4.39 Å². The third-order valence-electron chi connectivity index (χ3n) is 2.40. The van der Waals surface area contributed by atoms with Gasteiger partial charge in [0.2, 0.25) is 0 Å². The fourth-order valence-corrected chi connectivity index (χ4v) is 1.32. The van der Waals surface area contributed by atoms with Gasteiger partial charge < -0.3 is 5.73 Å². The predicted octanol–water partition coefficient (Wildman–Crippen LogP) is 1.26. The maximum Gasteiger partial charge on any atom is 0.151 e. The molecule has 0 aliphatic heterocycles. The Kier molecular flexibility index (Phi) is 2.43. The topological polar surface area (TPSA) is 43.8 Å². The van der Waals surface area contributed by atoms with Crippen LogP contribution in [0.2, 0.25) is 0 Å². The molecule has 4 heteroatoms. The molecule has 2 unspecified atom stereocenters. The van der Waals surface area contributed by atoms with Crippen LogP contribution >= 0.6 is 0 Å². The first-order valence-corrected chi connectivity index (χ1v) is 4.31. The van der Waals surface area contributed by atoms with Gasteiger partial charge in [-0.15, -0.1) is 0 Å². The molecule has 0 radical (unpaired) electrons. The molecule has 1 heterocycles. The summed E-state index contributed by atoms with van der Waals surface area (Å²) in [6.45, 7) is 4.93. The molecule has 0 spiro atoms. The van der Waals surface area contributed by atoms with Gasteiger partial charge in [-0.05, 0) is 20.8 Å². The van der Waals surface area contributed by atoms with E-state index in [2.05, 4.69) is 5.10 Å². The molecule has 2 atom stereocenters. The molecular weight excluding hydrogens is 169 g/mol. The Morgan fingerprint density at radius 2 is 2.23 bits per heavy atom. The maximum absolute atomic E-state index is 14.0. The van der Waals surface area contributed by atoms with Gasteiger partial charge in [0.05, 0.1) is 5.69 Å². The molecule has 0 saturated carbocycles. The van der Waals surface area contributed by atoms with Gasteiger partial charge in [-0.25, -0.2) is 4.39 Å². The van der Waals surface area contributed by atoms with Gasteiger partial charge in [-0.2, -0.15) is 5.10 Å². The zero-order valence-corrected chi connectivity index (χ0v) is 8.50. The molecule has 13 heavy (non-hydrogen) atoms. The van der Waals surface area contributed by atoms with Crippen LogP contribution in [-0.2, 0) is 12.7 Å². The zero-order valence-electron chi connectivity index (χ0n) is 8.50. The summed E-state index contributed by atoms with van der Waals surface area (Å²) in [6.07, 6.45) is 1.68. The minimum atomic E-state index is -1.50. The molecular formula is C9H16FN3. The van der Waals surface area contributed by atoms with Gasteiger partial charge in [0.15, 0.2) is 5.67 Å². The third-order valence-corrected chi connectivity index (χ3v) is 2.40. The Labute approximate surface area is 77.7 Å². The summed E-state index contributed by atoms with van der Waals surface area (Å²) in [5.41, 5.74) is 5.34. The molecule has 0 saturated heterocycles. The first-order valence-electron chi connectivity index (χ1n) is 4.31. The number of hydrogen-bond donors (Lipinski definition) is 1. The number of hydrogen-bond acceptors (Lipinski definition) is 2. The van der Waals surface area contributed by atoms with E-state index in [1.807, 2.05) is 0 Å². The second kappa shape index (κ2) is 3.10. The van der Waals surface area contributed by atoms with E-state index in [0.29, 0.717) is 11.3 Å². The average Bonchev–Trinajstić information content (AvgIpc) is 2.30. The standard InChI is InChI=1S/C9H16FN3/c1-6-8(5-13(4)12-6)9(3,10)7(2)11/h5,7H,11H2,1-4H3. The molecule has 0 bridgehead atoms. The molecule has 0 aliphatic carbocycles.